The van der Waals surface area contributed by atoms with E-state index in [0.717, 1.165) is 11.8 Å². The molecule has 0 aromatic carbocycles. The normalized spacial score (nSPS) is 12.8. The molecular weight excluding hydrogens is 263 g/mol. The Morgan fingerprint density at radius 3 is 2.18 bits per heavy atom. The van der Waals surface area contributed by atoms with Crippen molar-refractivity contribution in [2.75, 3.05) is 5.75 Å². The fourth-order valence-electron chi connectivity index (χ4n) is 1.16. The number of rotatable bonds is 7. The fraction of sp³-hybridized carbons (Fsp3) is 0.900. The van der Waals surface area contributed by atoms with Crippen LogP contribution in [0.25, 0.3) is 0 Å². The van der Waals surface area contributed by atoms with Crippen LogP contribution >= 0.6 is 11.8 Å². The van der Waals surface area contributed by atoms with Crippen molar-refractivity contribution in [3.8, 4) is 0 Å². The van der Waals surface area contributed by atoms with Crippen molar-refractivity contribution in [1.82, 2.24) is 0 Å². The highest BCUT2D eigenvalue weighted by Gasteiger charge is 2.42. The first-order valence-electron chi connectivity index (χ1n) is 5.26. The molecule has 0 radical (unpaired) electrons. The lowest BCUT2D eigenvalue weighted by molar-refractivity contribution is -0.189. The van der Waals surface area contributed by atoms with E-state index >= 15 is 0 Å². The summed E-state index contributed by atoms with van der Waals surface area (Å²) in [6, 6.07) is 0. The molecule has 0 heterocycles. The molecule has 102 valence electrons. The molecule has 0 aliphatic heterocycles. The van der Waals surface area contributed by atoms with E-state index in [9.17, 15) is 26.7 Å². The summed E-state index contributed by atoms with van der Waals surface area (Å²) in [7, 11) is 0. The number of carbonyl (C=O) groups is 1. The first-order chi connectivity index (χ1) is 7.66. The van der Waals surface area contributed by atoms with Crippen molar-refractivity contribution in [2.45, 2.75) is 51.1 Å². The third-order valence-corrected chi connectivity index (χ3v) is 3.05. The van der Waals surface area contributed by atoms with Crippen molar-refractivity contribution in [1.29, 1.82) is 0 Å². The van der Waals surface area contributed by atoms with Crippen LogP contribution in [0.5, 0.6) is 0 Å². The summed E-state index contributed by atoms with van der Waals surface area (Å²) in [5.74, 6) is -3.31. The molecule has 0 unspecified atom stereocenters. The molecule has 17 heavy (non-hydrogen) atoms. The van der Waals surface area contributed by atoms with Gasteiger partial charge in [0.25, 0.3) is 5.92 Å². The molecule has 0 N–H and O–H groups in total. The van der Waals surface area contributed by atoms with Crippen LogP contribution in [-0.4, -0.2) is 23.0 Å². The van der Waals surface area contributed by atoms with Crippen molar-refractivity contribution in [3.05, 3.63) is 0 Å². The standard InChI is InChI=1S/C10H15F5OS/c1-2-8(16)17-6-4-3-5-9(11,12)7-10(13,14)15/h2-7H2,1H3. The largest absolute Gasteiger partial charge is 0.394 e. The number of halogens is 5. The van der Waals surface area contributed by atoms with E-state index in [2.05, 4.69) is 0 Å². The summed E-state index contributed by atoms with van der Waals surface area (Å²) in [6.45, 7) is 1.69. The second-order valence-electron chi connectivity index (χ2n) is 3.68. The molecule has 0 aliphatic rings. The van der Waals surface area contributed by atoms with Crippen molar-refractivity contribution < 1.29 is 26.7 Å². The highest BCUT2D eigenvalue weighted by molar-refractivity contribution is 8.13. The van der Waals surface area contributed by atoms with E-state index in [1.165, 1.54) is 0 Å². The molecule has 0 bridgehead atoms. The summed E-state index contributed by atoms with van der Waals surface area (Å²) in [4.78, 5) is 10.8. The Hall–Kier alpha value is -0.330. The Morgan fingerprint density at radius 2 is 1.71 bits per heavy atom. The lowest BCUT2D eigenvalue weighted by atomic mass is 10.1. The zero-order chi connectivity index (χ0) is 13.5. The average Bonchev–Trinajstić information content (AvgIpc) is 2.12. The van der Waals surface area contributed by atoms with Crippen LogP contribution in [0.3, 0.4) is 0 Å². The van der Waals surface area contributed by atoms with Gasteiger partial charge < -0.3 is 0 Å². The van der Waals surface area contributed by atoms with Gasteiger partial charge in [-0.25, -0.2) is 8.78 Å². The lowest BCUT2D eigenvalue weighted by Crippen LogP contribution is -2.25. The highest BCUT2D eigenvalue weighted by atomic mass is 32.2. The second kappa shape index (κ2) is 7.18. The second-order valence-corrected chi connectivity index (χ2v) is 4.83. The van der Waals surface area contributed by atoms with Gasteiger partial charge in [-0.05, 0) is 12.8 Å². The van der Waals surface area contributed by atoms with E-state index in [0.29, 0.717) is 18.6 Å². The third-order valence-electron chi connectivity index (χ3n) is 1.95. The number of hydrogen-bond donors (Lipinski definition) is 0. The number of thioether (sulfide) groups is 1. The van der Waals surface area contributed by atoms with Crippen LogP contribution in [-0.2, 0) is 4.79 Å². The lowest BCUT2D eigenvalue weighted by Gasteiger charge is -2.17. The van der Waals surface area contributed by atoms with E-state index in [4.69, 9.17) is 0 Å². The van der Waals surface area contributed by atoms with Crippen molar-refractivity contribution >= 4 is 16.9 Å². The van der Waals surface area contributed by atoms with Gasteiger partial charge in [0, 0.05) is 18.6 Å². The molecule has 1 nitrogen and oxygen atoms in total. The Bertz CT molecular complexity index is 239. The Balaban J connectivity index is 3.69. The number of hydrogen-bond acceptors (Lipinski definition) is 2. The molecule has 7 heteroatoms. The number of carbonyl (C=O) groups excluding carboxylic acids is 1. The quantitative estimate of drug-likeness (QED) is 0.506. The predicted molar refractivity (Wildman–Crippen MR) is 57.2 cm³/mol. The summed E-state index contributed by atoms with van der Waals surface area (Å²) >= 11 is 1.03. The van der Waals surface area contributed by atoms with Crippen LogP contribution < -0.4 is 0 Å². The Labute approximate surface area is 101 Å². The van der Waals surface area contributed by atoms with Gasteiger partial charge in [0.1, 0.15) is 6.42 Å². The van der Waals surface area contributed by atoms with Crippen LogP contribution in [0.2, 0.25) is 0 Å². The molecule has 0 atom stereocenters. The van der Waals surface area contributed by atoms with E-state index in [1.54, 1.807) is 6.92 Å². The SMILES string of the molecule is CCC(=O)SCCCCC(F)(F)CC(F)(F)F. The molecule has 0 fully saturated rings. The van der Waals surface area contributed by atoms with Crippen molar-refractivity contribution in [2.24, 2.45) is 0 Å². The first kappa shape index (κ1) is 16.7. The monoisotopic (exact) mass is 278 g/mol. The molecule has 0 rings (SSSR count). The maximum absolute atomic E-state index is 12.8. The van der Waals surface area contributed by atoms with Crippen LogP contribution in [0.1, 0.15) is 39.0 Å². The molecule has 0 amide bonds. The summed E-state index contributed by atoms with van der Waals surface area (Å²) in [5.41, 5.74) is 0. The fourth-order valence-corrected chi connectivity index (χ4v) is 1.94. The van der Waals surface area contributed by atoms with Gasteiger partial charge in [-0.15, -0.1) is 0 Å². The smallest absolute Gasteiger partial charge is 0.287 e. The zero-order valence-corrected chi connectivity index (χ0v) is 10.3. The van der Waals surface area contributed by atoms with E-state index in [1.807, 2.05) is 0 Å². The highest BCUT2D eigenvalue weighted by Crippen LogP contribution is 2.34. The zero-order valence-electron chi connectivity index (χ0n) is 9.45. The molecular formula is C10H15F5OS. The summed E-state index contributed by atoms with van der Waals surface area (Å²) < 4.78 is 60.8. The van der Waals surface area contributed by atoms with Gasteiger partial charge >= 0.3 is 6.18 Å². The molecule has 0 saturated heterocycles. The molecule has 0 saturated carbocycles. The average molecular weight is 278 g/mol. The summed E-state index contributed by atoms with van der Waals surface area (Å²) in [5, 5.41) is -0.0351. The maximum atomic E-state index is 12.8. The molecule has 0 spiro atoms. The minimum atomic E-state index is -4.84. The molecule has 0 aromatic rings. The maximum Gasteiger partial charge on any atom is 0.394 e. The van der Waals surface area contributed by atoms with Crippen LogP contribution in [0, 0.1) is 0 Å². The number of unbranched alkanes of at least 4 members (excludes halogenated alkanes) is 1. The molecule has 0 aromatic heterocycles. The van der Waals surface area contributed by atoms with Crippen molar-refractivity contribution in [3.63, 3.8) is 0 Å². The van der Waals surface area contributed by atoms with Gasteiger partial charge in [-0.1, -0.05) is 18.7 Å². The third kappa shape index (κ3) is 10.5. The number of alkyl halides is 5. The Kier molecular flexibility index (Phi) is 7.04. The van der Waals surface area contributed by atoms with E-state index in [-0.39, 0.29) is 11.5 Å². The minimum absolute atomic E-state index is 0.00687. The first-order valence-corrected chi connectivity index (χ1v) is 6.25. The van der Waals surface area contributed by atoms with Gasteiger partial charge in [0.2, 0.25) is 0 Å². The predicted octanol–water partition coefficient (Wildman–Crippen LogP) is 4.41. The minimum Gasteiger partial charge on any atom is -0.287 e. The van der Waals surface area contributed by atoms with E-state index < -0.39 is 24.9 Å². The molecule has 0 aliphatic carbocycles. The Morgan fingerprint density at radius 1 is 1.12 bits per heavy atom. The van der Waals surface area contributed by atoms with Gasteiger partial charge in [0.05, 0.1) is 0 Å². The van der Waals surface area contributed by atoms with Gasteiger partial charge in [-0.3, -0.25) is 4.79 Å². The van der Waals surface area contributed by atoms with Gasteiger partial charge in [-0.2, -0.15) is 13.2 Å². The van der Waals surface area contributed by atoms with Crippen LogP contribution in [0.15, 0.2) is 0 Å². The topological polar surface area (TPSA) is 17.1 Å². The van der Waals surface area contributed by atoms with Crippen LogP contribution in [0.4, 0.5) is 22.0 Å². The summed E-state index contributed by atoms with van der Waals surface area (Å²) in [6.07, 6.45) is -7.00. The van der Waals surface area contributed by atoms with Gasteiger partial charge in [0.15, 0.2) is 5.12 Å².